The van der Waals surface area contributed by atoms with Gasteiger partial charge in [0, 0.05) is 13.1 Å². The van der Waals surface area contributed by atoms with Gasteiger partial charge in [0.15, 0.2) is 0 Å². The number of hydrogen-bond donors (Lipinski definition) is 2. The molecule has 5 rings (SSSR count). The van der Waals surface area contributed by atoms with Gasteiger partial charge in [0.25, 0.3) is 0 Å². The molecule has 8 nitrogen and oxygen atoms in total. The number of carbonyl (C=O) groups is 3. The number of halogens is 1. The highest BCUT2D eigenvalue weighted by Crippen LogP contribution is 2.46. The van der Waals surface area contributed by atoms with E-state index < -0.39 is 24.0 Å². The quantitative estimate of drug-likeness (QED) is 0.628. The van der Waals surface area contributed by atoms with Crippen molar-refractivity contribution < 1.29 is 28.6 Å². The number of carbonyl (C=O) groups excluding carboxylic acids is 3. The van der Waals surface area contributed by atoms with E-state index in [0.717, 1.165) is 12.0 Å². The van der Waals surface area contributed by atoms with Gasteiger partial charge >= 0.3 is 0 Å². The topological polar surface area (TPSA) is 99.2 Å². The molecule has 35 heavy (non-hydrogen) atoms. The molecule has 0 saturated carbocycles. The molecule has 3 aliphatic heterocycles. The first-order chi connectivity index (χ1) is 17.0. The van der Waals surface area contributed by atoms with Crippen LogP contribution >= 0.6 is 0 Å². The fraction of sp³-hybridized carbons (Fsp3) is 0.423. The molecule has 184 valence electrons. The van der Waals surface area contributed by atoms with Crippen LogP contribution in [0.5, 0.6) is 5.75 Å². The van der Waals surface area contributed by atoms with Crippen LogP contribution in [0.15, 0.2) is 48.5 Å². The second kappa shape index (κ2) is 9.65. The monoisotopic (exact) mass is 481 g/mol. The Kier molecular flexibility index (Phi) is 6.42. The predicted octanol–water partition coefficient (Wildman–Crippen LogP) is 1.78. The number of amides is 3. The van der Waals surface area contributed by atoms with Gasteiger partial charge in [-0.3, -0.25) is 14.4 Å². The standard InChI is InChI=1S/C26H28FN3O5/c27-18-8-6-16(7-9-18)15-28-24(32)20-14-22-25(33)29-10-2-5-21(29)26(34)30(22)23(20)17-3-1-4-19(13-17)35-12-11-31/h1,3-4,6-9,13,20-23,31H,2,5,10-12,14-15H2,(H,28,32)/t20-,21+,22-,23-/m1/s1. The molecule has 3 aliphatic rings. The van der Waals surface area contributed by atoms with Crippen molar-refractivity contribution in [3.05, 3.63) is 65.5 Å². The Morgan fingerprint density at radius 2 is 1.91 bits per heavy atom. The van der Waals surface area contributed by atoms with Crippen molar-refractivity contribution in [2.24, 2.45) is 5.92 Å². The highest BCUT2D eigenvalue weighted by atomic mass is 19.1. The number of nitrogens with zero attached hydrogens (tertiary/aromatic N) is 2. The average molecular weight is 482 g/mol. The number of fused-ring (bicyclic) bond motifs is 2. The molecule has 2 aromatic carbocycles. The van der Waals surface area contributed by atoms with Crippen LogP contribution in [0.3, 0.4) is 0 Å². The van der Waals surface area contributed by atoms with E-state index in [9.17, 15) is 18.8 Å². The zero-order valence-electron chi connectivity index (χ0n) is 19.2. The minimum absolute atomic E-state index is 0.0985. The number of piperazine rings is 1. The normalized spacial score (nSPS) is 25.4. The summed E-state index contributed by atoms with van der Waals surface area (Å²) < 4.78 is 18.8. The smallest absolute Gasteiger partial charge is 0.246 e. The fourth-order valence-electron chi connectivity index (χ4n) is 5.55. The maximum absolute atomic E-state index is 13.6. The number of hydrogen-bond acceptors (Lipinski definition) is 5. The number of aliphatic hydroxyl groups excluding tert-OH is 1. The summed E-state index contributed by atoms with van der Waals surface area (Å²) in [6.45, 7) is 0.761. The van der Waals surface area contributed by atoms with Gasteiger partial charge in [-0.05, 0) is 54.7 Å². The van der Waals surface area contributed by atoms with Crippen molar-refractivity contribution in [3.63, 3.8) is 0 Å². The van der Waals surface area contributed by atoms with E-state index in [0.29, 0.717) is 24.3 Å². The highest BCUT2D eigenvalue weighted by Gasteiger charge is 2.57. The molecule has 0 spiro atoms. The van der Waals surface area contributed by atoms with Gasteiger partial charge < -0.3 is 25.0 Å². The van der Waals surface area contributed by atoms with E-state index in [1.807, 2.05) is 6.07 Å². The Morgan fingerprint density at radius 3 is 2.69 bits per heavy atom. The zero-order chi connectivity index (χ0) is 24.5. The molecule has 3 heterocycles. The van der Waals surface area contributed by atoms with Gasteiger partial charge in [0.1, 0.15) is 30.3 Å². The van der Waals surface area contributed by atoms with Gasteiger partial charge in [0.05, 0.1) is 18.6 Å². The van der Waals surface area contributed by atoms with Crippen molar-refractivity contribution in [2.45, 2.75) is 43.9 Å². The molecule has 3 fully saturated rings. The van der Waals surface area contributed by atoms with Gasteiger partial charge in [0.2, 0.25) is 17.7 Å². The first kappa shape index (κ1) is 23.3. The van der Waals surface area contributed by atoms with Gasteiger partial charge in [-0.1, -0.05) is 24.3 Å². The lowest BCUT2D eigenvalue weighted by Crippen LogP contribution is -2.60. The second-order valence-corrected chi connectivity index (χ2v) is 9.23. The van der Waals surface area contributed by atoms with Crippen molar-refractivity contribution in [3.8, 4) is 5.75 Å². The third kappa shape index (κ3) is 4.36. The second-order valence-electron chi connectivity index (χ2n) is 9.23. The molecule has 0 unspecified atom stereocenters. The number of rotatable bonds is 7. The first-order valence-corrected chi connectivity index (χ1v) is 12.0. The molecule has 3 saturated heterocycles. The van der Waals surface area contributed by atoms with Crippen LogP contribution in [0.2, 0.25) is 0 Å². The zero-order valence-corrected chi connectivity index (χ0v) is 19.2. The molecule has 0 radical (unpaired) electrons. The summed E-state index contributed by atoms with van der Waals surface area (Å²) in [5, 5.41) is 12.0. The van der Waals surface area contributed by atoms with Crippen LogP contribution in [0.25, 0.3) is 0 Å². The largest absolute Gasteiger partial charge is 0.491 e. The molecule has 0 bridgehead atoms. The Hall–Kier alpha value is -3.46. The summed E-state index contributed by atoms with van der Waals surface area (Å²) in [6.07, 6.45) is 1.65. The molecular formula is C26H28FN3O5. The van der Waals surface area contributed by atoms with Crippen molar-refractivity contribution in [1.82, 2.24) is 15.1 Å². The van der Waals surface area contributed by atoms with E-state index in [-0.39, 0.29) is 49.7 Å². The summed E-state index contributed by atoms with van der Waals surface area (Å²) in [6, 6.07) is 11.2. The van der Waals surface area contributed by atoms with Gasteiger partial charge in [-0.2, -0.15) is 0 Å². The molecular weight excluding hydrogens is 453 g/mol. The summed E-state index contributed by atoms with van der Waals surface area (Å²) >= 11 is 0. The van der Waals surface area contributed by atoms with Crippen molar-refractivity contribution in [2.75, 3.05) is 19.8 Å². The highest BCUT2D eigenvalue weighted by molar-refractivity contribution is 5.99. The van der Waals surface area contributed by atoms with Crippen LogP contribution in [0, 0.1) is 11.7 Å². The molecule has 0 aliphatic carbocycles. The summed E-state index contributed by atoms with van der Waals surface area (Å²) in [5.74, 6) is -0.957. The Balaban J connectivity index is 1.45. The summed E-state index contributed by atoms with van der Waals surface area (Å²) in [4.78, 5) is 43.6. The van der Waals surface area contributed by atoms with E-state index in [4.69, 9.17) is 9.84 Å². The van der Waals surface area contributed by atoms with Crippen LogP contribution in [0.4, 0.5) is 4.39 Å². The number of nitrogens with one attached hydrogen (secondary N) is 1. The number of benzene rings is 2. The van der Waals surface area contributed by atoms with E-state index in [1.54, 1.807) is 40.1 Å². The average Bonchev–Trinajstić information content (AvgIpc) is 3.52. The number of ether oxygens (including phenoxy) is 1. The molecule has 4 atom stereocenters. The van der Waals surface area contributed by atoms with Crippen LogP contribution in [-0.4, -0.2) is 64.5 Å². The van der Waals surface area contributed by atoms with Crippen LogP contribution < -0.4 is 10.1 Å². The Bertz CT molecular complexity index is 1120. The molecule has 9 heteroatoms. The van der Waals surface area contributed by atoms with E-state index in [2.05, 4.69) is 5.32 Å². The summed E-state index contributed by atoms with van der Waals surface area (Å²) in [7, 11) is 0. The van der Waals surface area contributed by atoms with Crippen molar-refractivity contribution >= 4 is 17.7 Å². The minimum atomic E-state index is -0.689. The maximum Gasteiger partial charge on any atom is 0.246 e. The van der Waals surface area contributed by atoms with Gasteiger partial charge in [-0.15, -0.1) is 0 Å². The lowest BCUT2D eigenvalue weighted by Gasteiger charge is -2.41. The summed E-state index contributed by atoms with van der Waals surface area (Å²) in [5.41, 5.74) is 1.46. The first-order valence-electron chi connectivity index (χ1n) is 12.0. The third-order valence-corrected chi connectivity index (χ3v) is 7.13. The molecule has 2 aromatic rings. The van der Waals surface area contributed by atoms with Gasteiger partial charge in [-0.25, -0.2) is 4.39 Å². The van der Waals surface area contributed by atoms with E-state index in [1.165, 1.54) is 12.1 Å². The lowest BCUT2D eigenvalue weighted by molar-refractivity contribution is -0.159. The molecule has 0 aromatic heterocycles. The molecule has 2 N–H and O–H groups in total. The third-order valence-electron chi connectivity index (χ3n) is 7.13. The SMILES string of the molecule is O=C(NCc1ccc(F)cc1)[C@@H]1C[C@@H]2C(=O)N3CCC[C@H]3C(=O)N2[C@@H]1c1cccc(OCCO)c1. The van der Waals surface area contributed by atoms with Crippen LogP contribution in [-0.2, 0) is 20.9 Å². The Morgan fingerprint density at radius 1 is 1.11 bits per heavy atom. The Labute approximate surface area is 202 Å². The fourth-order valence-corrected chi connectivity index (χ4v) is 5.55. The van der Waals surface area contributed by atoms with E-state index >= 15 is 0 Å². The maximum atomic E-state index is 13.6. The minimum Gasteiger partial charge on any atom is -0.491 e. The number of aliphatic hydroxyl groups is 1. The van der Waals surface area contributed by atoms with Crippen molar-refractivity contribution in [1.29, 1.82) is 0 Å². The predicted molar refractivity (Wildman–Crippen MR) is 123 cm³/mol. The van der Waals surface area contributed by atoms with Crippen LogP contribution in [0.1, 0.15) is 36.4 Å². The molecule has 3 amide bonds. The lowest BCUT2D eigenvalue weighted by atomic mass is 9.92.